The smallest absolute Gasteiger partial charge is 0.318 e. The summed E-state index contributed by atoms with van der Waals surface area (Å²) in [5, 5.41) is 12.9. The zero-order chi connectivity index (χ0) is 12.7. The molecule has 1 aliphatic rings. The summed E-state index contributed by atoms with van der Waals surface area (Å²) in [5.41, 5.74) is -1.84. The first-order valence-corrected chi connectivity index (χ1v) is 5.22. The summed E-state index contributed by atoms with van der Waals surface area (Å²) < 4.78 is 4.59. The molecule has 91 valence electrons. The molecule has 0 aromatic carbocycles. The minimum Gasteiger partial charge on any atom is -0.468 e. The fourth-order valence-electron chi connectivity index (χ4n) is 2.43. The number of ether oxygens (including phenoxy) is 1. The van der Waals surface area contributed by atoms with Crippen LogP contribution >= 0.6 is 0 Å². The molecule has 1 unspecified atom stereocenters. The van der Waals surface area contributed by atoms with E-state index in [4.69, 9.17) is 0 Å². The van der Waals surface area contributed by atoms with E-state index in [2.05, 4.69) is 4.74 Å². The second-order valence-corrected chi connectivity index (χ2v) is 5.36. The number of hydrogen-bond donors (Lipinski definition) is 0. The van der Waals surface area contributed by atoms with E-state index in [1.165, 1.54) is 7.11 Å². The van der Waals surface area contributed by atoms with Gasteiger partial charge in [0.25, 0.3) is 0 Å². The monoisotopic (exact) mass is 228 g/mol. The van der Waals surface area contributed by atoms with Gasteiger partial charge in [0.05, 0.1) is 18.2 Å². The van der Waals surface area contributed by atoms with Crippen molar-refractivity contribution in [3.63, 3.8) is 0 Å². The summed E-state index contributed by atoms with van der Waals surface area (Å²) in [6.45, 7) is 6.60. The maximum atomic E-state index is 12.1. The molecule has 1 radical (unpaired) electrons. The summed E-state index contributed by atoms with van der Waals surface area (Å²) >= 11 is 0. The average molecular weight is 228 g/mol. The fourth-order valence-corrected chi connectivity index (χ4v) is 2.43. The third-order valence-corrected chi connectivity index (χ3v) is 3.15. The lowest BCUT2D eigenvalue weighted by atomic mass is 9.73. The Kier molecular flexibility index (Phi) is 3.13. The molecule has 0 amide bonds. The highest BCUT2D eigenvalue weighted by Crippen LogP contribution is 2.39. The number of carbonyl (C=O) groups is 2. The van der Waals surface area contributed by atoms with Crippen LogP contribution in [0.2, 0.25) is 0 Å². The number of Topliss-reactive ketones (excluding diaryl/α,β-unsaturated/α-hetero) is 1. The molecule has 0 aromatic rings. The average Bonchev–Trinajstić information content (AvgIpc) is 2.13. The highest BCUT2D eigenvalue weighted by Gasteiger charge is 2.55. The van der Waals surface area contributed by atoms with Crippen molar-refractivity contribution in [2.45, 2.75) is 45.2 Å². The second-order valence-electron chi connectivity index (χ2n) is 5.36. The first-order chi connectivity index (χ1) is 7.14. The highest BCUT2D eigenvalue weighted by molar-refractivity contribution is 6.01. The molecule has 1 aliphatic heterocycles. The van der Waals surface area contributed by atoms with E-state index in [9.17, 15) is 14.8 Å². The quantitative estimate of drug-likeness (QED) is 0.495. The molecule has 16 heavy (non-hydrogen) atoms. The lowest BCUT2D eigenvalue weighted by Gasteiger charge is -2.48. The number of esters is 1. The van der Waals surface area contributed by atoms with Crippen molar-refractivity contribution in [2.24, 2.45) is 5.92 Å². The number of hydroxylamine groups is 2. The lowest BCUT2D eigenvalue weighted by molar-refractivity contribution is -0.291. The van der Waals surface area contributed by atoms with Gasteiger partial charge in [-0.05, 0) is 27.7 Å². The topological polar surface area (TPSA) is 66.5 Å². The van der Waals surface area contributed by atoms with E-state index in [0.717, 1.165) is 5.06 Å². The Balaban J connectivity index is 3.14. The van der Waals surface area contributed by atoms with Gasteiger partial charge in [-0.3, -0.25) is 9.59 Å². The Bertz CT molecular complexity index is 322. The van der Waals surface area contributed by atoms with Gasteiger partial charge in [0, 0.05) is 6.42 Å². The van der Waals surface area contributed by atoms with E-state index in [1.807, 2.05) is 0 Å². The molecule has 0 aliphatic carbocycles. The van der Waals surface area contributed by atoms with Crippen molar-refractivity contribution in [1.82, 2.24) is 5.06 Å². The van der Waals surface area contributed by atoms with Crippen molar-refractivity contribution in [3.8, 4) is 0 Å². The Morgan fingerprint density at radius 2 is 1.88 bits per heavy atom. The van der Waals surface area contributed by atoms with Crippen LogP contribution in [-0.4, -0.2) is 35.0 Å². The number of methoxy groups -OCH3 is 1. The normalized spacial score (nSPS) is 28.9. The number of ketones is 1. The van der Waals surface area contributed by atoms with Gasteiger partial charge in [-0.15, -0.1) is 10.3 Å². The summed E-state index contributed by atoms with van der Waals surface area (Å²) in [7, 11) is 1.22. The standard InChI is InChI=1S/C11H18NO4/c1-10(2)6-7(13)8(9(14)16-5)11(3,4)12(10)15/h8H,6H2,1-5H3. The zero-order valence-electron chi connectivity index (χ0n) is 10.4. The maximum Gasteiger partial charge on any atom is 0.318 e. The van der Waals surface area contributed by atoms with Crippen molar-refractivity contribution >= 4 is 11.8 Å². The molecule has 1 atom stereocenters. The minimum atomic E-state index is -1.06. The van der Waals surface area contributed by atoms with Gasteiger partial charge in [-0.1, -0.05) is 0 Å². The van der Waals surface area contributed by atoms with Gasteiger partial charge in [0.1, 0.15) is 5.92 Å². The number of rotatable bonds is 1. The van der Waals surface area contributed by atoms with Crippen LogP contribution in [0.4, 0.5) is 0 Å². The minimum absolute atomic E-state index is 0.0691. The number of nitrogens with zero attached hydrogens (tertiary/aromatic N) is 1. The number of hydrogen-bond acceptors (Lipinski definition) is 4. The molecule has 0 bridgehead atoms. The first kappa shape index (κ1) is 13.1. The molecule has 0 aromatic heterocycles. The van der Waals surface area contributed by atoms with Gasteiger partial charge in [0.15, 0.2) is 5.78 Å². The molecule has 1 fully saturated rings. The first-order valence-electron chi connectivity index (χ1n) is 5.22. The summed E-state index contributed by atoms with van der Waals surface area (Å²) in [6, 6.07) is 0. The molecule has 5 heteroatoms. The molecule has 0 saturated carbocycles. The van der Waals surface area contributed by atoms with Crippen LogP contribution in [0.3, 0.4) is 0 Å². The van der Waals surface area contributed by atoms with Crippen molar-refractivity contribution < 1.29 is 19.5 Å². The Labute approximate surface area is 95.3 Å². The fraction of sp³-hybridized carbons (Fsp3) is 0.818. The largest absolute Gasteiger partial charge is 0.468 e. The second kappa shape index (κ2) is 3.82. The van der Waals surface area contributed by atoms with Gasteiger partial charge in [-0.2, -0.15) is 0 Å². The molecule has 0 spiro atoms. The third kappa shape index (κ3) is 1.85. The molecular formula is C11H18NO4. The van der Waals surface area contributed by atoms with Crippen LogP contribution in [0.5, 0.6) is 0 Å². The van der Waals surface area contributed by atoms with E-state index < -0.39 is 23.0 Å². The molecule has 1 rings (SSSR count). The van der Waals surface area contributed by atoms with Crippen molar-refractivity contribution in [1.29, 1.82) is 0 Å². The van der Waals surface area contributed by atoms with Crippen LogP contribution in [0.1, 0.15) is 34.1 Å². The van der Waals surface area contributed by atoms with Crippen LogP contribution in [0.25, 0.3) is 0 Å². The van der Waals surface area contributed by atoms with E-state index >= 15 is 0 Å². The highest BCUT2D eigenvalue weighted by atomic mass is 16.5. The van der Waals surface area contributed by atoms with Crippen molar-refractivity contribution in [2.75, 3.05) is 7.11 Å². The van der Waals surface area contributed by atoms with Crippen LogP contribution in [0.15, 0.2) is 0 Å². The van der Waals surface area contributed by atoms with E-state index in [1.54, 1.807) is 27.7 Å². The van der Waals surface area contributed by atoms with Gasteiger partial charge < -0.3 is 4.74 Å². The Morgan fingerprint density at radius 3 is 2.31 bits per heavy atom. The third-order valence-electron chi connectivity index (χ3n) is 3.15. The predicted octanol–water partition coefficient (Wildman–Crippen LogP) is 0.953. The molecular weight excluding hydrogens is 210 g/mol. The molecule has 0 N–H and O–H groups in total. The van der Waals surface area contributed by atoms with Gasteiger partial charge in [0.2, 0.25) is 0 Å². The molecule has 1 saturated heterocycles. The summed E-state index contributed by atoms with van der Waals surface area (Å²) in [6.07, 6.45) is 0.0691. The zero-order valence-corrected chi connectivity index (χ0v) is 10.4. The van der Waals surface area contributed by atoms with Gasteiger partial charge >= 0.3 is 5.97 Å². The van der Waals surface area contributed by atoms with Crippen LogP contribution in [-0.2, 0) is 19.5 Å². The van der Waals surface area contributed by atoms with Crippen LogP contribution < -0.4 is 0 Å². The number of piperidine rings is 1. The van der Waals surface area contributed by atoms with E-state index in [-0.39, 0.29) is 12.2 Å². The maximum absolute atomic E-state index is 12.1. The predicted molar refractivity (Wildman–Crippen MR) is 55.8 cm³/mol. The Hall–Kier alpha value is -0.940. The summed E-state index contributed by atoms with van der Waals surface area (Å²) in [4.78, 5) is 23.4. The Morgan fingerprint density at radius 1 is 1.38 bits per heavy atom. The van der Waals surface area contributed by atoms with Crippen molar-refractivity contribution in [3.05, 3.63) is 0 Å². The summed E-state index contributed by atoms with van der Waals surface area (Å²) in [5.74, 6) is -1.86. The SMILES string of the molecule is COC(=O)C1C(=O)CC(C)(C)N([O])C1(C)C. The van der Waals surface area contributed by atoms with Crippen LogP contribution in [0, 0.1) is 5.92 Å². The lowest BCUT2D eigenvalue weighted by Crippen LogP contribution is -2.65. The molecule has 1 heterocycles. The number of carbonyl (C=O) groups excluding carboxylic acids is 2. The van der Waals surface area contributed by atoms with E-state index in [0.29, 0.717) is 0 Å². The van der Waals surface area contributed by atoms with Gasteiger partial charge in [-0.25, -0.2) is 0 Å². The molecule has 5 nitrogen and oxygen atoms in total.